The largest absolute Gasteiger partial charge is 0.493 e. The summed E-state index contributed by atoms with van der Waals surface area (Å²) in [6.07, 6.45) is 0. The van der Waals surface area contributed by atoms with E-state index in [1.807, 2.05) is 19.9 Å². The fraction of sp³-hybridized carbons (Fsp3) is 0.400. The summed E-state index contributed by atoms with van der Waals surface area (Å²) in [6, 6.07) is 5.34. The molecule has 0 aliphatic heterocycles. The van der Waals surface area contributed by atoms with Gasteiger partial charge < -0.3 is 19.3 Å². The van der Waals surface area contributed by atoms with Crippen molar-refractivity contribution in [1.82, 2.24) is 15.5 Å². The number of aromatic nitrogens is 2. The van der Waals surface area contributed by atoms with Crippen LogP contribution in [0, 0.1) is 5.92 Å². The fourth-order valence-corrected chi connectivity index (χ4v) is 1.79. The maximum atomic E-state index is 11.5. The van der Waals surface area contributed by atoms with E-state index in [0.717, 1.165) is 5.56 Å². The molecule has 0 fully saturated rings. The van der Waals surface area contributed by atoms with Crippen molar-refractivity contribution < 1.29 is 18.8 Å². The Morgan fingerprint density at radius 2 is 2.00 bits per heavy atom. The first kappa shape index (κ1) is 15.8. The van der Waals surface area contributed by atoms with Crippen molar-refractivity contribution in [3.63, 3.8) is 0 Å². The lowest BCUT2D eigenvalue weighted by Gasteiger charge is -2.07. The van der Waals surface area contributed by atoms with Gasteiger partial charge in [-0.05, 0) is 18.2 Å². The molecule has 0 aliphatic rings. The second-order valence-electron chi connectivity index (χ2n) is 4.95. The Hall–Kier alpha value is -2.57. The summed E-state index contributed by atoms with van der Waals surface area (Å²) in [4.78, 5) is 15.8. The number of benzene rings is 1. The monoisotopic (exact) mass is 305 g/mol. The number of carbonyl (C=O) groups is 1. The van der Waals surface area contributed by atoms with Gasteiger partial charge in [0.25, 0.3) is 0 Å². The van der Waals surface area contributed by atoms with Crippen LogP contribution in [0.2, 0.25) is 0 Å². The Labute approximate surface area is 128 Å². The average Bonchev–Trinajstić information content (AvgIpc) is 3.00. The van der Waals surface area contributed by atoms with Gasteiger partial charge in [0, 0.05) is 11.5 Å². The van der Waals surface area contributed by atoms with E-state index in [1.165, 1.54) is 0 Å². The van der Waals surface area contributed by atoms with Crippen molar-refractivity contribution in [2.24, 2.45) is 5.92 Å². The molecule has 1 aromatic heterocycles. The van der Waals surface area contributed by atoms with Crippen molar-refractivity contribution in [2.75, 3.05) is 14.2 Å². The molecule has 118 valence electrons. The highest BCUT2D eigenvalue weighted by Gasteiger charge is 2.13. The highest BCUT2D eigenvalue weighted by molar-refractivity contribution is 5.77. The van der Waals surface area contributed by atoms with E-state index in [4.69, 9.17) is 14.0 Å². The summed E-state index contributed by atoms with van der Waals surface area (Å²) in [6.45, 7) is 3.84. The van der Waals surface area contributed by atoms with Gasteiger partial charge >= 0.3 is 0 Å². The van der Waals surface area contributed by atoms with Crippen LogP contribution in [-0.4, -0.2) is 30.3 Å². The van der Waals surface area contributed by atoms with Crippen molar-refractivity contribution in [3.8, 4) is 22.9 Å². The van der Waals surface area contributed by atoms with Crippen LogP contribution < -0.4 is 14.8 Å². The van der Waals surface area contributed by atoms with Gasteiger partial charge in [0.1, 0.15) is 0 Å². The van der Waals surface area contributed by atoms with Gasteiger partial charge in [-0.25, -0.2) is 0 Å². The second kappa shape index (κ2) is 6.93. The van der Waals surface area contributed by atoms with E-state index >= 15 is 0 Å². The Bertz CT molecular complexity index is 652. The third-order valence-corrected chi connectivity index (χ3v) is 3.05. The molecule has 0 radical (unpaired) electrons. The van der Waals surface area contributed by atoms with E-state index in [-0.39, 0.29) is 18.4 Å². The fourth-order valence-electron chi connectivity index (χ4n) is 1.79. The molecule has 2 rings (SSSR count). The Balaban J connectivity index is 2.12. The lowest BCUT2D eigenvalue weighted by Crippen LogP contribution is -2.27. The summed E-state index contributed by atoms with van der Waals surface area (Å²) in [5.74, 6) is 1.83. The number of hydrogen-bond donors (Lipinski definition) is 1. The SMILES string of the molecule is COc1ccc(-c2noc(CNC(=O)C(C)C)n2)cc1OC. The topological polar surface area (TPSA) is 86.5 Å². The smallest absolute Gasteiger partial charge is 0.246 e. The zero-order chi connectivity index (χ0) is 16.1. The van der Waals surface area contributed by atoms with E-state index in [0.29, 0.717) is 23.2 Å². The lowest BCUT2D eigenvalue weighted by molar-refractivity contribution is -0.124. The van der Waals surface area contributed by atoms with Gasteiger partial charge in [0.05, 0.1) is 20.8 Å². The normalized spacial score (nSPS) is 10.6. The van der Waals surface area contributed by atoms with Crippen LogP contribution in [0.1, 0.15) is 19.7 Å². The van der Waals surface area contributed by atoms with E-state index in [2.05, 4.69) is 15.5 Å². The molecule has 1 heterocycles. The molecule has 1 aromatic carbocycles. The minimum absolute atomic E-state index is 0.0640. The molecule has 2 aromatic rings. The molecular weight excluding hydrogens is 286 g/mol. The maximum Gasteiger partial charge on any atom is 0.246 e. The summed E-state index contributed by atoms with van der Waals surface area (Å²) in [5, 5.41) is 6.63. The number of nitrogens with zero attached hydrogens (tertiary/aromatic N) is 2. The molecular formula is C15H19N3O4. The first-order chi connectivity index (χ1) is 10.5. The molecule has 0 saturated carbocycles. The highest BCUT2D eigenvalue weighted by atomic mass is 16.5. The van der Waals surface area contributed by atoms with Crippen LogP contribution in [0.15, 0.2) is 22.7 Å². The van der Waals surface area contributed by atoms with Gasteiger partial charge in [-0.1, -0.05) is 19.0 Å². The quantitative estimate of drug-likeness (QED) is 0.878. The van der Waals surface area contributed by atoms with E-state index in [9.17, 15) is 4.79 Å². The Morgan fingerprint density at radius 3 is 2.64 bits per heavy atom. The highest BCUT2D eigenvalue weighted by Crippen LogP contribution is 2.31. The zero-order valence-corrected chi connectivity index (χ0v) is 13.0. The number of ether oxygens (including phenoxy) is 2. The van der Waals surface area contributed by atoms with Gasteiger partial charge in [-0.15, -0.1) is 0 Å². The average molecular weight is 305 g/mol. The molecule has 1 amide bonds. The second-order valence-corrected chi connectivity index (χ2v) is 4.95. The number of methoxy groups -OCH3 is 2. The van der Waals surface area contributed by atoms with Gasteiger partial charge in [0.2, 0.25) is 17.6 Å². The summed E-state index contributed by atoms with van der Waals surface area (Å²) >= 11 is 0. The van der Waals surface area contributed by atoms with Gasteiger partial charge in [-0.2, -0.15) is 4.98 Å². The number of amides is 1. The number of nitrogens with one attached hydrogen (secondary N) is 1. The van der Waals surface area contributed by atoms with Crippen LogP contribution in [0.5, 0.6) is 11.5 Å². The maximum absolute atomic E-state index is 11.5. The standard InChI is InChI=1S/C15H19N3O4/c1-9(2)15(19)16-8-13-17-14(18-22-13)10-5-6-11(20-3)12(7-10)21-4/h5-7,9H,8H2,1-4H3,(H,16,19). The summed E-state index contributed by atoms with van der Waals surface area (Å²) < 4.78 is 15.6. The lowest BCUT2D eigenvalue weighted by atomic mass is 10.2. The van der Waals surface area contributed by atoms with Crippen LogP contribution in [-0.2, 0) is 11.3 Å². The predicted octanol–water partition coefficient (Wildman–Crippen LogP) is 2.03. The van der Waals surface area contributed by atoms with Gasteiger partial charge in [0.15, 0.2) is 11.5 Å². The van der Waals surface area contributed by atoms with Crippen LogP contribution >= 0.6 is 0 Å². The predicted molar refractivity (Wildman–Crippen MR) is 79.5 cm³/mol. The van der Waals surface area contributed by atoms with Crippen LogP contribution in [0.3, 0.4) is 0 Å². The minimum atomic E-state index is -0.0896. The molecule has 0 atom stereocenters. The first-order valence-electron chi connectivity index (χ1n) is 6.87. The van der Waals surface area contributed by atoms with Crippen molar-refractivity contribution in [3.05, 3.63) is 24.1 Å². The van der Waals surface area contributed by atoms with Crippen molar-refractivity contribution >= 4 is 5.91 Å². The minimum Gasteiger partial charge on any atom is -0.493 e. The summed E-state index contributed by atoms with van der Waals surface area (Å²) in [5.41, 5.74) is 0.739. The molecule has 22 heavy (non-hydrogen) atoms. The summed E-state index contributed by atoms with van der Waals surface area (Å²) in [7, 11) is 3.13. The third-order valence-electron chi connectivity index (χ3n) is 3.05. The molecule has 7 nitrogen and oxygen atoms in total. The molecule has 0 spiro atoms. The van der Waals surface area contributed by atoms with Crippen LogP contribution in [0.25, 0.3) is 11.4 Å². The number of carbonyl (C=O) groups excluding carboxylic acids is 1. The number of rotatable bonds is 6. The number of hydrogen-bond acceptors (Lipinski definition) is 6. The third kappa shape index (κ3) is 3.55. The van der Waals surface area contributed by atoms with Crippen LogP contribution in [0.4, 0.5) is 0 Å². The van der Waals surface area contributed by atoms with Crippen molar-refractivity contribution in [1.29, 1.82) is 0 Å². The van der Waals surface area contributed by atoms with E-state index < -0.39 is 0 Å². The van der Waals surface area contributed by atoms with Crippen molar-refractivity contribution in [2.45, 2.75) is 20.4 Å². The molecule has 0 unspecified atom stereocenters. The molecule has 1 N–H and O–H groups in total. The Kier molecular flexibility index (Phi) is 4.98. The zero-order valence-electron chi connectivity index (χ0n) is 13.0. The molecule has 0 aliphatic carbocycles. The Morgan fingerprint density at radius 1 is 1.27 bits per heavy atom. The molecule has 7 heteroatoms. The van der Waals surface area contributed by atoms with Gasteiger partial charge in [-0.3, -0.25) is 4.79 Å². The molecule has 0 saturated heterocycles. The van der Waals surface area contributed by atoms with E-state index in [1.54, 1.807) is 26.4 Å². The molecule has 0 bridgehead atoms. The first-order valence-corrected chi connectivity index (χ1v) is 6.87.